The topological polar surface area (TPSA) is 89.9 Å². The number of hydrogen-bond donors (Lipinski definition) is 3. The lowest BCUT2D eigenvalue weighted by molar-refractivity contribution is 0.400. The predicted octanol–water partition coefficient (Wildman–Crippen LogP) is 2.98. The van der Waals surface area contributed by atoms with Crippen molar-refractivity contribution in [3.05, 3.63) is 59.7 Å². The number of benzene rings is 2. The van der Waals surface area contributed by atoms with E-state index in [-0.39, 0.29) is 10.6 Å². The molecule has 1 heterocycles. The molecule has 3 N–H and O–H groups in total. The van der Waals surface area contributed by atoms with Gasteiger partial charge in [-0.2, -0.15) is 10.6 Å². The molecule has 0 saturated carbocycles. The standard InChI is InChI=1S/C19H26N2O4S2/c1-21(2)12-11-20-13-15-7-6-10-17-19(15)18(14-26(17,22)23)27(24,25)16-8-4-3-5-9-16/h3-10,18,20,22-23H,11-14H2,1-2H3. The Kier molecular flexibility index (Phi) is 5.95. The van der Waals surface area contributed by atoms with Crippen LogP contribution in [0.15, 0.2) is 58.3 Å². The fourth-order valence-electron chi connectivity index (χ4n) is 3.32. The maximum Gasteiger partial charge on any atom is 0.187 e. The molecule has 2 aromatic carbocycles. The van der Waals surface area contributed by atoms with Gasteiger partial charge in [-0.1, -0.05) is 30.3 Å². The summed E-state index contributed by atoms with van der Waals surface area (Å²) in [5, 5.41) is 2.36. The van der Waals surface area contributed by atoms with E-state index >= 15 is 0 Å². The van der Waals surface area contributed by atoms with Crippen LogP contribution in [0.1, 0.15) is 16.4 Å². The maximum atomic E-state index is 13.2. The van der Waals surface area contributed by atoms with E-state index < -0.39 is 25.7 Å². The maximum absolute atomic E-state index is 13.2. The zero-order chi connectivity index (χ0) is 19.7. The van der Waals surface area contributed by atoms with Crippen molar-refractivity contribution in [1.82, 2.24) is 10.2 Å². The molecule has 1 unspecified atom stereocenters. The molecule has 0 saturated heterocycles. The van der Waals surface area contributed by atoms with Crippen LogP contribution in [0.3, 0.4) is 0 Å². The molecule has 0 bridgehead atoms. The molecular formula is C19H26N2O4S2. The number of hydrogen-bond acceptors (Lipinski definition) is 6. The minimum atomic E-state index is -3.72. The Hall–Kier alpha value is -1.42. The molecule has 3 rings (SSSR count). The van der Waals surface area contributed by atoms with Crippen molar-refractivity contribution >= 4 is 20.4 Å². The molecule has 1 atom stereocenters. The number of rotatable bonds is 7. The third-order valence-corrected chi connectivity index (χ3v) is 8.86. The van der Waals surface area contributed by atoms with E-state index in [0.29, 0.717) is 17.0 Å². The summed E-state index contributed by atoms with van der Waals surface area (Å²) in [5.41, 5.74) is 1.34. The molecule has 0 aromatic heterocycles. The first-order chi connectivity index (χ1) is 12.7. The van der Waals surface area contributed by atoms with Gasteiger partial charge >= 0.3 is 0 Å². The summed E-state index contributed by atoms with van der Waals surface area (Å²) in [6, 6.07) is 13.5. The molecule has 1 aliphatic heterocycles. The Morgan fingerprint density at radius 1 is 1.11 bits per heavy atom. The molecule has 0 spiro atoms. The molecule has 0 radical (unpaired) electrons. The molecule has 1 aliphatic rings. The van der Waals surface area contributed by atoms with E-state index in [1.54, 1.807) is 42.5 Å². The number of likely N-dealkylation sites (N-methyl/N-ethyl adjacent to an activating group) is 1. The van der Waals surface area contributed by atoms with Crippen LogP contribution in [0.25, 0.3) is 0 Å². The van der Waals surface area contributed by atoms with E-state index in [2.05, 4.69) is 10.2 Å². The Balaban J connectivity index is 1.97. The van der Waals surface area contributed by atoms with Crippen molar-refractivity contribution < 1.29 is 17.5 Å². The van der Waals surface area contributed by atoms with Crippen LogP contribution in [-0.2, 0) is 16.4 Å². The van der Waals surface area contributed by atoms with E-state index in [9.17, 15) is 17.5 Å². The van der Waals surface area contributed by atoms with Crippen LogP contribution in [-0.4, -0.2) is 55.4 Å². The summed E-state index contributed by atoms with van der Waals surface area (Å²) < 4.78 is 47.5. The second-order valence-corrected chi connectivity index (χ2v) is 11.2. The lowest BCUT2D eigenvalue weighted by Gasteiger charge is -2.27. The molecule has 0 fully saturated rings. The van der Waals surface area contributed by atoms with Gasteiger partial charge in [0.05, 0.1) is 15.5 Å². The number of nitrogens with zero attached hydrogens (tertiary/aromatic N) is 1. The minimum absolute atomic E-state index is 0.186. The van der Waals surface area contributed by atoms with Gasteiger partial charge < -0.3 is 10.2 Å². The molecule has 8 heteroatoms. The highest BCUT2D eigenvalue weighted by molar-refractivity contribution is 8.25. The summed E-state index contributed by atoms with van der Waals surface area (Å²) >= 11 is 0. The number of sulfone groups is 1. The Morgan fingerprint density at radius 2 is 1.81 bits per heavy atom. The number of nitrogens with one attached hydrogen (secondary N) is 1. The molecule has 2 aromatic rings. The average molecular weight is 411 g/mol. The van der Waals surface area contributed by atoms with Crippen molar-refractivity contribution in [1.29, 1.82) is 0 Å². The molecule has 0 aliphatic carbocycles. The highest BCUT2D eigenvalue weighted by atomic mass is 32.3. The summed E-state index contributed by atoms with van der Waals surface area (Å²) in [6.45, 7) is 2.09. The van der Waals surface area contributed by atoms with E-state index in [1.165, 1.54) is 0 Å². The average Bonchev–Trinajstić information content (AvgIpc) is 2.92. The zero-order valence-corrected chi connectivity index (χ0v) is 17.1. The molecule has 27 heavy (non-hydrogen) atoms. The minimum Gasteiger partial charge on any atom is -0.311 e. The second-order valence-electron chi connectivity index (χ2n) is 6.99. The molecular weight excluding hydrogens is 384 g/mol. The lowest BCUT2D eigenvalue weighted by atomic mass is 10.1. The van der Waals surface area contributed by atoms with Crippen molar-refractivity contribution in [3.8, 4) is 0 Å². The van der Waals surface area contributed by atoms with Gasteiger partial charge in [-0.3, -0.25) is 9.11 Å². The lowest BCUT2D eigenvalue weighted by Crippen LogP contribution is -2.27. The largest absolute Gasteiger partial charge is 0.311 e. The highest BCUT2D eigenvalue weighted by Gasteiger charge is 2.44. The Labute approximate surface area is 162 Å². The van der Waals surface area contributed by atoms with Gasteiger partial charge in [0.2, 0.25) is 0 Å². The summed E-state index contributed by atoms with van der Waals surface area (Å²) in [6.07, 6.45) is 0. The van der Waals surface area contributed by atoms with Crippen molar-refractivity contribution in [2.24, 2.45) is 0 Å². The Morgan fingerprint density at radius 3 is 2.48 bits per heavy atom. The van der Waals surface area contributed by atoms with Crippen LogP contribution in [0, 0.1) is 0 Å². The summed E-state index contributed by atoms with van der Waals surface area (Å²) in [4.78, 5) is 2.62. The molecule has 0 amide bonds. The van der Waals surface area contributed by atoms with Crippen LogP contribution < -0.4 is 5.32 Å². The second kappa shape index (κ2) is 7.90. The van der Waals surface area contributed by atoms with E-state index in [4.69, 9.17) is 0 Å². The monoisotopic (exact) mass is 410 g/mol. The van der Waals surface area contributed by atoms with Gasteiger partial charge in [-0.15, -0.1) is 0 Å². The Bertz CT molecular complexity index is 899. The normalized spacial score (nSPS) is 19.8. The van der Waals surface area contributed by atoms with Gasteiger partial charge in [0.1, 0.15) is 5.25 Å². The fourth-order valence-corrected chi connectivity index (χ4v) is 7.83. The van der Waals surface area contributed by atoms with Gasteiger partial charge in [0, 0.05) is 19.6 Å². The first kappa shape index (κ1) is 20.3. The van der Waals surface area contributed by atoms with Crippen molar-refractivity contribution in [2.45, 2.75) is 21.6 Å². The van der Waals surface area contributed by atoms with Crippen LogP contribution >= 0.6 is 10.6 Å². The van der Waals surface area contributed by atoms with Gasteiger partial charge in [-0.05, 0) is 43.4 Å². The van der Waals surface area contributed by atoms with Gasteiger partial charge in [0.25, 0.3) is 0 Å². The summed E-state index contributed by atoms with van der Waals surface area (Å²) in [5.74, 6) is -0.186. The quantitative estimate of drug-likeness (QED) is 0.608. The highest BCUT2D eigenvalue weighted by Crippen LogP contribution is 2.62. The van der Waals surface area contributed by atoms with Crippen molar-refractivity contribution in [3.63, 3.8) is 0 Å². The van der Waals surface area contributed by atoms with Crippen LogP contribution in [0.5, 0.6) is 0 Å². The SMILES string of the molecule is CN(C)CCNCc1cccc2c1C(S(=O)(=O)c1ccccc1)CS2(O)O. The predicted molar refractivity (Wildman–Crippen MR) is 109 cm³/mol. The third-order valence-electron chi connectivity index (χ3n) is 4.71. The third kappa shape index (κ3) is 4.21. The number of fused-ring (bicyclic) bond motifs is 1. The van der Waals surface area contributed by atoms with Crippen LogP contribution in [0.2, 0.25) is 0 Å². The van der Waals surface area contributed by atoms with E-state index in [1.807, 2.05) is 20.2 Å². The smallest absolute Gasteiger partial charge is 0.187 e. The van der Waals surface area contributed by atoms with Crippen molar-refractivity contribution in [2.75, 3.05) is 32.9 Å². The summed E-state index contributed by atoms with van der Waals surface area (Å²) in [7, 11) is -2.88. The molecule has 148 valence electrons. The van der Waals surface area contributed by atoms with Gasteiger partial charge in [-0.25, -0.2) is 8.42 Å². The van der Waals surface area contributed by atoms with Crippen LogP contribution in [0.4, 0.5) is 0 Å². The first-order valence-corrected chi connectivity index (χ1v) is 12.0. The zero-order valence-electron chi connectivity index (χ0n) is 15.5. The molecule has 6 nitrogen and oxygen atoms in total. The van der Waals surface area contributed by atoms with E-state index in [0.717, 1.165) is 18.7 Å². The fraction of sp³-hybridized carbons (Fsp3) is 0.368. The first-order valence-electron chi connectivity index (χ1n) is 8.75. The van der Waals surface area contributed by atoms with Gasteiger partial charge in [0.15, 0.2) is 9.84 Å².